The van der Waals surface area contributed by atoms with Crippen molar-refractivity contribution in [2.24, 2.45) is 0 Å². The standard InChI is InChI=1S/C19H14FNO5/c1-2-21-17(22)14-9-11-7-8-12(10-16(11)26-19(14)24)25-18(23)13-5-3-4-6-15(13)20/h3-10H,2H2,1H3,(H,21,22). The molecule has 0 saturated carbocycles. The monoisotopic (exact) mass is 355 g/mol. The second-order valence-electron chi connectivity index (χ2n) is 5.38. The fourth-order valence-corrected chi connectivity index (χ4v) is 2.36. The minimum atomic E-state index is -0.872. The largest absolute Gasteiger partial charge is 0.423 e. The number of fused-ring (bicyclic) bond motifs is 1. The van der Waals surface area contributed by atoms with E-state index in [4.69, 9.17) is 9.15 Å². The van der Waals surface area contributed by atoms with E-state index in [1.807, 2.05) is 0 Å². The number of nitrogens with one attached hydrogen (secondary N) is 1. The molecule has 6 nitrogen and oxygen atoms in total. The lowest BCUT2D eigenvalue weighted by atomic mass is 10.1. The summed E-state index contributed by atoms with van der Waals surface area (Å²) in [5.41, 5.74) is -0.987. The van der Waals surface area contributed by atoms with Crippen LogP contribution >= 0.6 is 0 Å². The van der Waals surface area contributed by atoms with Gasteiger partial charge in [-0.05, 0) is 37.3 Å². The van der Waals surface area contributed by atoms with E-state index < -0.39 is 23.3 Å². The highest BCUT2D eigenvalue weighted by molar-refractivity contribution is 5.97. The number of benzene rings is 2. The Kier molecular flexibility index (Phi) is 4.79. The molecule has 132 valence electrons. The molecule has 0 saturated heterocycles. The van der Waals surface area contributed by atoms with Crippen LogP contribution in [0.15, 0.2) is 57.7 Å². The van der Waals surface area contributed by atoms with Gasteiger partial charge in [-0.3, -0.25) is 4.79 Å². The summed E-state index contributed by atoms with van der Waals surface area (Å²) in [5, 5.41) is 3.01. The van der Waals surface area contributed by atoms with Crippen molar-refractivity contribution >= 4 is 22.8 Å². The van der Waals surface area contributed by atoms with Crippen LogP contribution in [0.3, 0.4) is 0 Å². The van der Waals surface area contributed by atoms with Crippen molar-refractivity contribution in [1.29, 1.82) is 0 Å². The van der Waals surface area contributed by atoms with E-state index in [0.29, 0.717) is 11.9 Å². The molecule has 2 aromatic carbocycles. The molecule has 7 heteroatoms. The minimum Gasteiger partial charge on any atom is -0.423 e. The van der Waals surface area contributed by atoms with Gasteiger partial charge in [-0.15, -0.1) is 0 Å². The van der Waals surface area contributed by atoms with Gasteiger partial charge in [0.05, 0.1) is 5.56 Å². The first-order valence-electron chi connectivity index (χ1n) is 7.82. The zero-order valence-electron chi connectivity index (χ0n) is 13.7. The number of esters is 1. The Morgan fingerprint density at radius 3 is 2.62 bits per heavy atom. The smallest absolute Gasteiger partial charge is 0.349 e. The van der Waals surface area contributed by atoms with Gasteiger partial charge in [0, 0.05) is 18.0 Å². The lowest BCUT2D eigenvalue weighted by Gasteiger charge is -2.07. The molecule has 1 aromatic heterocycles. The summed E-state index contributed by atoms with van der Waals surface area (Å²) < 4.78 is 23.9. The number of hydrogen-bond acceptors (Lipinski definition) is 5. The maximum Gasteiger partial charge on any atom is 0.349 e. The van der Waals surface area contributed by atoms with Gasteiger partial charge in [0.25, 0.3) is 5.91 Å². The molecule has 1 N–H and O–H groups in total. The number of hydrogen-bond donors (Lipinski definition) is 1. The summed E-state index contributed by atoms with van der Waals surface area (Å²) in [6.07, 6.45) is 0. The van der Waals surface area contributed by atoms with Gasteiger partial charge < -0.3 is 14.5 Å². The van der Waals surface area contributed by atoms with Crippen molar-refractivity contribution in [1.82, 2.24) is 5.32 Å². The molecule has 0 atom stereocenters. The second-order valence-corrected chi connectivity index (χ2v) is 5.38. The number of rotatable bonds is 4. The molecule has 0 spiro atoms. The van der Waals surface area contributed by atoms with Crippen molar-refractivity contribution in [3.05, 3.63) is 75.9 Å². The molecule has 26 heavy (non-hydrogen) atoms. The van der Waals surface area contributed by atoms with Crippen molar-refractivity contribution in [2.75, 3.05) is 6.54 Å². The summed E-state index contributed by atoms with van der Waals surface area (Å²) in [6, 6.07) is 11.2. The molecule has 0 unspecified atom stereocenters. The predicted octanol–water partition coefficient (Wildman–Crippen LogP) is 2.90. The lowest BCUT2D eigenvalue weighted by molar-refractivity contribution is 0.0730. The van der Waals surface area contributed by atoms with Gasteiger partial charge in [-0.25, -0.2) is 14.0 Å². The molecule has 3 aromatic rings. The molecule has 3 rings (SSSR count). The first-order valence-corrected chi connectivity index (χ1v) is 7.82. The Morgan fingerprint density at radius 2 is 1.88 bits per heavy atom. The fraction of sp³-hybridized carbons (Fsp3) is 0.105. The first-order chi connectivity index (χ1) is 12.5. The first kappa shape index (κ1) is 17.3. The van der Waals surface area contributed by atoms with Crippen LogP contribution in [-0.4, -0.2) is 18.4 Å². The summed E-state index contributed by atoms with van der Waals surface area (Å²) in [5.74, 6) is -2.02. The highest BCUT2D eigenvalue weighted by Gasteiger charge is 2.16. The van der Waals surface area contributed by atoms with E-state index in [1.54, 1.807) is 6.92 Å². The average Bonchev–Trinajstić information content (AvgIpc) is 2.61. The zero-order valence-corrected chi connectivity index (χ0v) is 13.7. The highest BCUT2D eigenvalue weighted by atomic mass is 19.1. The molecule has 0 aliphatic heterocycles. The van der Waals surface area contributed by atoms with Gasteiger partial charge in [0.2, 0.25) is 0 Å². The number of halogens is 1. The molecule has 0 aliphatic rings. The third-order valence-electron chi connectivity index (χ3n) is 3.59. The summed E-state index contributed by atoms with van der Waals surface area (Å²) in [6.45, 7) is 2.11. The number of carbonyl (C=O) groups excluding carboxylic acids is 2. The van der Waals surface area contributed by atoms with E-state index in [0.717, 1.165) is 6.07 Å². The van der Waals surface area contributed by atoms with Crippen LogP contribution in [0.25, 0.3) is 11.0 Å². The number of carbonyl (C=O) groups is 2. The van der Waals surface area contributed by atoms with Crippen LogP contribution in [0.5, 0.6) is 5.75 Å². The van der Waals surface area contributed by atoms with E-state index in [9.17, 15) is 18.8 Å². The van der Waals surface area contributed by atoms with Crippen molar-refractivity contribution in [2.45, 2.75) is 6.92 Å². The molecule has 1 heterocycles. The summed E-state index contributed by atoms with van der Waals surface area (Å²) in [4.78, 5) is 35.8. The highest BCUT2D eigenvalue weighted by Crippen LogP contribution is 2.22. The Labute approximate surface area is 147 Å². The van der Waals surface area contributed by atoms with E-state index in [-0.39, 0.29) is 22.5 Å². The van der Waals surface area contributed by atoms with E-state index in [2.05, 4.69) is 5.32 Å². The van der Waals surface area contributed by atoms with Crippen molar-refractivity contribution in [3.8, 4) is 5.75 Å². The van der Waals surface area contributed by atoms with Crippen molar-refractivity contribution in [3.63, 3.8) is 0 Å². The van der Waals surface area contributed by atoms with E-state index in [1.165, 1.54) is 42.5 Å². The second kappa shape index (κ2) is 7.18. The van der Waals surface area contributed by atoms with Crippen LogP contribution in [0.2, 0.25) is 0 Å². The topological polar surface area (TPSA) is 85.6 Å². The van der Waals surface area contributed by atoms with Crippen LogP contribution in [0, 0.1) is 5.82 Å². The van der Waals surface area contributed by atoms with Gasteiger partial charge in [0.15, 0.2) is 0 Å². The van der Waals surface area contributed by atoms with Gasteiger partial charge in [0.1, 0.15) is 22.7 Å². The van der Waals surface area contributed by atoms with E-state index >= 15 is 0 Å². The molecular formula is C19H14FNO5. The lowest BCUT2D eigenvalue weighted by Crippen LogP contribution is -2.27. The molecule has 0 aliphatic carbocycles. The third kappa shape index (κ3) is 3.46. The summed E-state index contributed by atoms with van der Waals surface area (Å²) >= 11 is 0. The molecule has 0 bridgehead atoms. The summed E-state index contributed by atoms with van der Waals surface area (Å²) in [7, 11) is 0. The SMILES string of the molecule is CCNC(=O)c1cc2ccc(OC(=O)c3ccccc3F)cc2oc1=O. The minimum absolute atomic E-state index is 0.0830. The normalized spacial score (nSPS) is 10.5. The van der Waals surface area contributed by atoms with Gasteiger partial charge >= 0.3 is 11.6 Å². The quantitative estimate of drug-likeness (QED) is 0.442. The van der Waals surface area contributed by atoms with Crippen LogP contribution in [0.4, 0.5) is 4.39 Å². The molecule has 0 fully saturated rings. The Bertz CT molecular complexity index is 1060. The third-order valence-corrected chi connectivity index (χ3v) is 3.59. The van der Waals surface area contributed by atoms with Crippen LogP contribution in [-0.2, 0) is 0 Å². The average molecular weight is 355 g/mol. The Hall–Kier alpha value is -3.48. The molecule has 0 radical (unpaired) electrons. The maximum atomic E-state index is 13.6. The van der Waals surface area contributed by atoms with Crippen molar-refractivity contribution < 1.29 is 23.1 Å². The Morgan fingerprint density at radius 1 is 1.12 bits per heavy atom. The van der Waals surface area contributed by atoms with Gasteiger partial charge in [-0.1, -0.05) is 12.1 Å². The Balaban J connectivity index is 1.91. The molecule has 1 amide bonds. The van der Waals surface area contributed by atoms with Crippen LogP contribution in [0.1, 0.15) is 27.6 Å². The zero-order chi connectivity index (χ0) is 18.7. The molecular weight excluding hydrogens is 341 g/mol. The fourth-order valence-electron chi connectivity index (χ4n) is 2.36. The van der Waals surface area contributed by atoms with Gasteiger partial charge in [-0.2, -0.15) is 0 Å². The number of amides is 1. The maximum absolute atomic E-state index is 13.6. The van der Waals surface area contributed by atoms with Crippen LogP contribution < -0.4 is 15.7 Å². The number of ether oxygens (including phenoxy) is 1. The predicted molar refractivity (Wildman–Crippen MR) is 91.8 cm³/mol.